The number of rotatable bonds is 7. The highest BCUT2D eigenvalue weighted by Gasteiger charge is 2.27. The molecular formula is C9H17NOS. The van der Waals surface area contributed by atoms with Gasteiger partial charge in [-0.3, -0.25) is 0 Å². The molecular weight excluding hydrogens is 170 g/mol. The molecule has 0 radical (unpaired) electrons. The first-order chi connectivity index (χ1) is 5.84. The molecule has 0 bridgehead atoms. The summed E-state index contributed by atoms with van der Waals surface area (Å²) in [6.07, 6.45) is 7.94. The second kappa shape index (κ2) is 5.36. The third-order valence-corrected chi connectivity index (χ3v) is 2.35. The van der Waals surface area contributed by atoms with E-state index in [4.69, 9.17) is 17.1 Å². The monoisotopic (exact) mass is 187 g/mol. The largest absolute Gasteiger partial charge is 0.342 e. The lowest BCUT2D eigenvalue weighted by Gasteiger charge is -1.98. The molecule has 1 aliphatic heterocycles. The first kappa shape index (κ1) is 9.78. The molecule has 1 heterocycles. The molecule has 70 valence electrons. The van der Waals surface area contributed by atoms with Crippen LogP contribution in [-0.2, 0) is 4.84 Å². The minimum absolute atomic E-state index is 0.670. The summed E-state index contributed by atoms with van der Waals surface area (Å²) in [4.78, 5) is 4.91. The average Bonchev–Trinajstić information content (AvgIpc) is 2.74. The second-order valence-electron chi connectivity index (χ2n) is 3.23. The standard InChI is InChI=1S/C9H17NOS/c1-2-3-4-5-6-7-8-10-9(12)11-10/h2-8H2,1H3. The van der Waals surface area contributed by atoms with Crippen molar-refractivity contribution in [3.05, 3.63) is 0 Å². The number of thiocarbonyl (C=S) groups is 1. The van der Waals surface area contributed by atoms with E-state index < -0.39 is 0 Å². The van der Waals surface area contributed by atoms with E-state index in [1.165, 1.54) is 38.5 Å². The predicted octanol–water partition coefficient (Wildman–Crippen LogP) is 2.88. The molecule has 1 fully saturated rings. The van der Waals surface area contributed by atoms with Crippen LogP contribution in [-0.4, -0.2) is 16.8 Å². The third-order valence-electron chi connectivity index (χ3n) is 2.07. The normalized spacial score (nSPS) is 14.8. The van der Waals surface area contributed by atoms with Crippen LogP contribution in [0.2, 0.25) is 0 Å². The van der Waals surface area contributed by atoms with Gasteiger partial charge in [-0.2, -0.15) is 5.06 Å². The van der Waals surface area contributed by atoms with Crippen molar-refractivity contribution in [2.75, 3.05) is 6.54 Å². The van der Waals surface area contributed by atoms with E-state index in [1.807, 2.05) is 0 Å². The van der Waals surface area contributed by atoms with Crippen LogP contribution in [0.15, 0.2) is 0 Å². The molecule has 0 amide bonds. The molecule has 0 aromatic rings. The summed E-state index contributed by atoms with van der Waals surface area (Å²) in [5, 5.41) is 2.46. The van der Waals surface area contributed by atoms with Crippen LogP contribution in [0.4, 0.5) is 0 Å². The lowest BCUT2D eigenvalue weighted by atomic mass is 10.1. The summed E-state index contributed by atoms with van der Waals surface area (Å²) in [6, 6.07) is 0. The lowest BCUT2D eigenvalue weighted by molar-refractivity contribution is 0.200. The Labute approximate surface area is 79.8 Å². The van der Waals surface area contributed by atoms with Gasteiger partial charge in [0.25, 0.3) is 0 Å². The number of hydrogen-bond donors (Lipinski definition) is 0. The van der Waals surface area contributed by atoms with Crippen LogP contribution in [0.3, 0.4) is 0 Å². The van der Waals surface area contributed by atoms with Gasteiger partial charge in [0, 0.05) is 0 Å². The van der Waals surface area contributed by atoms with E-state index in [0.29, 0.717) is 5.17 Å². The van der Waals surface area contributed by atoms with Gasteiger partial charge < -0.3 is 4.84 Å². The van der Waals surface area contributed by atoms with Gasteiger partial charge in [-0.05, 0) is 18.6 Å². The van der Waals surface area contributed by atoms with Crippen LogP contribution in [0.1, 0.15) is 45.4 Å². The van der Waals surface area contributed by atoms with Crippen molar-refractivity contribution < 1.29 is 4.84 Å². The number of hydroxylamine groups is 2. The van der Waals surface area contributed by atoms with Crippen LogP contribution >= 0.6 is 12.2 Å². The SMILES string of the molecule is CCCCCCCCN1OC1=S. The first-order valence-corrected chi connectivity index (χ1v) is 5.25. The van der Waals surface area contributed by atoms with Gasteiger partial charge in [0.2, 0.25) is 0 Å². The Kier molecular flexibility index (Phi) is 4.36. The zero-order valence-corrected chi connectivity index (χ0v) is 8.53. The Hall–Kier alpha value is -0.310. The fourth-order valence-corrected chi connectivity index (χ4v) is 1.43. The molecule has 3 heteroatoms. The van der Waals surface area contributed by atoms with Gasteiger partial charge in [-0.25, -0.2) is 0 Å². The van der Waals surface area contributed by atoms with Crippen molar-refractivity contribution in [1.82, 2.24) is 5.06 Å². The molecule has 2 nitrogen and oxygen atoms in total. The van der Waals surface area contributed by atoms with Gasteiger partial charge in [0.1, 0.15) is 0 Å². The zero-order valence-electron chi connectivity index (χ0n) is 7.71. The quantitative estimate of drug-likeness (QED) is 0.346. The zero-order chi connectivity index (χ0) is 8.81. The molecule has 1 saturated heterocycles. The van der Waals surface area contributed by atoms with E-state index >= 15 is 0 Å². The molecule has 1 rings (SSSR count). The van der Waals surface area contributed by atoms with Crippen molar-refractivity contribution in [2.45, 2.75) is 45.4 Å². The lowest BCUT2D eigenvalue weighted by Crippen LogP contribution is -1.99. The molecule has 1 aliphatic rings. The van der Waals surface area contributed by atoms with Crippen LogP contribution in [0, 0.1) is 0 Å². The summed E-state index contributed by atoms with van der Waals surface area (Å²) in [7, 11) is 0. The summed E-state index contributed by atoms with van der Waals surface area (Å²) in [6.45, 7) is 3.23. The van der Waals surface area contributed by atoms with Crippen LogP contribution in [0.5, 0.6) is 0 Å². The maximum absolute atomic E-state index is 4.91. The highest BCUT2D eigenvalue weighted by atomic mass is 32.1. The van der Waals surface area contributed by atoms with Crippen molar-refractivity contribution in [1.29, 1.82) is 0 Å². The Balaban J connectivity index is 1.74. The number of hydrogen-bond acceptors (Lipinski definition) is 2. The molecule has 0 saturated carbocycles. The van der Waals surface area contributed by atoms with E-state index in [0.717, 1.165) is 6.54 Å². The van der Waals surface area contributed by atoms with Crippen LogP contribution < -0.4 is 0 Å². The van der Waals surface area contributed by atoms with E-state index in [2.05, 4.69) is 6.92 Å². The van der Waals surface area contributed by atoms with Gasteiger partial charge in [0.05, 0.1) is 6.54 Å². The summed E-state index contributed by atoms with van der Waals surface area (Å²) >= 11 is 4.79. The van der Waals surface area contributed by atoms with E-state index in [-0.39, 0.29) is 0 Å². The summed E-state index contributed by atoms with van der Waals surface area (Å²) in [5.41, 5.74) is 0. The Morgan fingerprint density at radius 2 is 1.75 bits per heavy atom. The highest BCUT2D eigenvalue weighted by Crippen LogP contribution is 2.14. The van der Waals surface area contributed by atoms with Crippen molar-refractivity contribution in [3.8, 4) is 0 Å². The van der Waals surface area contributed by atoms with Gasteiger partial charge in [-0.1, -0.05) is 39.0 Å². The number of nitrogens with zero attached hydrogens (tertiary/aromatic N) is 1. The molecule has 0 atom stereocenters. The summed E-state index contributed by atoms with van der Waals surface area (Å²) in [5.74, 6) is 0. The molecule has 0 unspecified atom stereocenters. The maximum atomic E-state index is 4.91. The van der Waals surface area contributed by atoms with Crippen molar-refractivity contribution in [3.63, 3.8) is 0 Å². The fraction of sp³-hybridized carbons (Fsp3) is 0.889. The molecule has 12 heavy (non-hydrogen) atoms. The Morgan fingerprint density at radius 3 is 2.33 bits per heavy atom. The van der Waals surface area contributed by atoms with Gasteiger partial charge in [-0.15, -0.1) is 0 Å². The molecule has 0 N–H and O–H groups in total. The third kappa shape index (κ3) is 3.90. The Morgan fingerprint density at radius 1 is 1.17 bits per heavy atom. The fourth-order valence-electron chi connectivity index (χ4n) is 1.25. The number of unbranched alkanes of at least 4 members (excludes halogenated alkanes) is 5. The smallest absolute Gasteiger partial charge is 0.322 e. The van der Waals surface area contributed by atoms with Gasteiger partial charge >= 0.3 is 5.17 Å². The van der Waals surface area contributed by atoms with Crippen molar-refractivity contribution in [2.24, 2.45) is 0 Å². The average molecular weight is 187 g/mol. The van der Waals surface area contributed by atoms with Crippen LogP contribution in [0.25, 0.3) is 0 Å². The topological polar surface area (TPSA) is 15.5 Å². The van der Waals surface area contributed by atoms with E-state index in [9.17, 15) is 0 Å². The first-order valence-electron chi connectivity index (χ1n) is 4.84. The molecule has 0 aromatic heterocycles. The second-order valence-corrected chi connectivity index (χ2v) is 3.58. The maximum Gasteiger partial charge on any atom is 0.322 e. The van der Waals surface area contributed by atoms with Crippen molar-refractivity contribution >= 4 is 17.4 Å². The Bertz CT molecular complexity index is 149. The minimum Gasteiger partial charge on any atom is -0.342 e. The van der Waals surface area contributed by atoms with E-state index in [1.54, 1.807) is 5.06 Å². The molecule has 0 spiro atoms. The minimum atomic E-state index is 0.670. The summed E-state index contributed by atoms with van der Waals surface area (Å²) < 4.78 is 0. The predicted molar refractivity (Wildman–Crippen MR) is 53.8 cm³/mol. The molecule has 0 aliphatic carbocycles. The highest BCUT2D eigenvalue weighted by molar-refractivity contribution is 7.80. The molecule has 0 aromatic carbocycles. The van der Waals surface area contributed by atoms with Gasteiger partial charge in [0.15, 0.2) is 0 Å².